The maximum Gasteiger partial charge on any atom is 0.193 e. The number of hydrogen-bond donors (Lipinski definition) is 0. The molecular formula is C21H20O. The van der Waals surface area contributed by atoms with Crippen molar-refractivity contribution in [3.8, 4) is 0 Å². The van der Waals surface area contributed by atoms with Gasteiger partial charge in [-0.3, -0.25) is 4.79 Å². The summed E-state index contributed by atoms with van der Waals surface area (Å²) in [5.74, 6) is 0.0834. The van der Waals surface area contributed by atoms with Crippen LogP contribution in [0.4, 0.5) is 0 Å². The van der Waals surface area contributed by atoms with Crippen molar-refractivity contribution in [1.29, 1.82) is 0 Å². The molecule has 0 heterocycles. The molecule has 0 bridgehead atoms. The van der Waals surface area contributed by atoms with Crippen molar-refractivity contribution < 1.29 is 4.79 Å². The van der Waals surface area contributed by atoms with Gasteiger partial charge in [-0.2, -0.15) is 0 Å². The first-order chi connectivity index (χ1) is 10.7. The topological polar surface area (TPSA) is 17.1 Å². The zero-order valence-electron chi connectivity index (χ0n) is 13.1. The van der Waals surface area contributed by atoms with Gasteiger partial charge in [-0.25, -0.2) is 0 Å². The predicted molar refractivity (Wildman–Crippen MR) is 92.6 cm³/mol. The van der Waals surface area contributed by atoms with Crippen LogP contribution in [0.15, 0.2) is 60.7 Å². The van der Waals surface area contributed by atoms with Gasteiger partial charge in [0.25, 0.3) is 0 Å². The summed E-state index contributed by atoms with van der Waals surface area (Å²) in [6, 6.07) is 19.8. The van der Waals surface area contributed by atoms with Gasteiger partial charge >= 0.3 is 0 Å². The molecule has 1 heteroatoms. The molecule has 0 saturated heterocycles. The Kier molecular flexibility index (Phi) is 4.06. The fourth-order valence-electron chi connectivity index (χ4n) is 2.98. The second-order valence-corrected chi connectivity index (χ2v) is 5.74. The van der Waals surface area contributed by atoms with Crippen molar-refractivity contribution >= 4 is 16.6 Å². The molecular weight excluding hydrogens is 268 g/mol. The Morgan fingerprint density at radius 2 is 1.68 bits per heavy atom. The Morgan fingerprint density at radius 1 is 0.909 bits per heavy atom. The predicted octanol–water partition coefficient (Wildman–Crippen LogP) is 5.33. The zero-order chi connectivity index (χ0) is 15.5. The Morgan fingerprint density at radius 3 is 2.41 bits per heavy atom. The summed E-state index contributed by atoms with van der Waals surface area (Å²) in [5, 5.41) is 2.42. The molecule has 110 valence electrons. The molecule has 0 amide bonds. The summed E-state index contributed by atoms with van der Waals surface area (Å²) >= 11 is 0. The minimum Gasteiger partial charge on any atom is -0.289 e. The molecule has 0 spiro atoms. The van der Waals surface area contributed by atoms with E-state index in [1.54, 1.807) is 0 Å². The minimum atomic E-state index is 0.0834. The molecule has 3 aromatic carbocycles. The van der Waals surface area contributed by atoms with Crippen LogP contribution in [0.1, 0.15) is 40.4 Å². The average Bonchev–Trinajstić information content (AvgIpc) is 2.57. The minimum absolute atomic E-state index is 0.0834. The van der Waals surface area contributed by atoms with Gasteiger partial charge < -0.3 is 0 Å². The Hall–Kier alpha value is -2.41. The summed E-state index contributed by atoms with van der Waals surface area (Å²) in [4.78, 5) is 12.6. The lowest BCUT2D eigenvalue weighted by Gasteiger charge is -2.11. The summed E-state index contributed by atoms with van der Waals surface area (Å²) in [6.45, 7) is 4.36. The SMILES string of the molecule is CCCc1c(C)ccc2cc(C(=O)c3ccccc3)ccc12. The number of fused-ring (bicyclic) bond motifs is 1. The van der Waals surface area contributed by atoms with Gasteiger partial charge in [0.15, 0.2) is 5.78 Å². The van der Waals surface area contributed by atoms with Crippen LogP contribution in [0.25, 0.3) is 10.8 Å². The highest BCUT2D eigenvalue weighted by molar-refractivity contribution is 6.10. The Bertz CT molecular complexity index is 816. The second kappa shape index (κ2) is 6.15. The number of ketones is 1. The molecule has 1 nitrogen and oxygen atoms in total. The van der Waals surface area contributed by atoms with E-state index < -0.39 is 0 Å². The first kappa shape index (κ1) is 14.5. The quantitative estimate of drug-likeness (QED) is 0.593. The fraction of sp³-hybridized carbons (Fsp3) is 0.190. The van der Waals surface area contributed by atoms with Crippen LogP contribution in [0.3, 0.4) is 0 Å². The molecule has 0 unspecified atom stereocenters. The van der Waals surface area contributed by atoms with Gasteiger partial charge in [0.05, 0.1) is 0 Å². The number of aryl methyl sites for hydroxylation is 2. The van der Waals surface area contributed by atoms with Gasteiger partial charge in [0.1, 0.15) is 0 Å². The van der Waals surface area contributed by atoms with Crippen LogP contribution < -0.4 is 0 Å². The highest BCUT2D eigenvalue weighted by Gasteiger charge is 2.11. The number of carbonyl (C=O) groups is 1. The van der Waals surface area contributed by atoms with Crippen LogP contribution in [0.2, 0.25) is 0 Å². The number of benzene rings is 3. The smallest absolute Gasteiger partial charge is 0.193 e. The first-order valence-corrected chi connectivity index (χ1v) is 7.82. The molecule has 3 aromatic rings. The third-order valence-electron chi connectivity index (χ3n) is 4.16. The fourth-order valence-corrected chi connectivity index (χ4v) is 2.98. The van der Waals surface area contributed by atoms with Crippen molar-refractivity contribution in [2.75, 3.05) is 0 Å². The summed E-state index contributed by atoms with van der Waals surface area (Å²) in [6.07, 6.45) is 2.21. The lowest BCUT2D eigenvalue weighted by molar-refractivity contribution is 0.103. The number of carbonyl (C=O) groups excluding carboxylic acids is 1. The summed E-state index contributed by atoms with van der Waals surface area (Å²) in [5.41, 5.74) is 4.22. The molecule has 0 aliphatic carbocycles. The van der Waals surface area contributed by atoms with E-state index in [1.807, 2.05) is 42.5 Å². The van der Waals surface area contributed by atoms with Gasteiger partial charge in [0.2, 0.25) is 0 Å². The van der Waals surface area contributed by atoms with E-state index in [0.717, 1.165) is 29.4 Å². The molecule has 0 N–H and O–H groups in total. The van der Waals surface area contributed by atoms with E-state index in [2.05, 4.69) is 32.0 Å². The standard InChI is InChI=1S/C21H20O/c1-3-7-19-15(2)10-11-17-14-18(12-13-20(17)19)21(22)16-8-5-4-6-9-16/h4-6,8-14H,3,7H2,1-2H3. The van der Waals surface area contributed by atoms with Crippen molar-refractivity contribution in [3.63, 3.8) is 0 Å². The first-order valence-electron chi connectivity index (χ1n) is 7.82. The van der Waals surface area contributed by atoms with Gasteiger partial charge in [-0.1, -0.05) is 67.9 Å². The highest BCUT2D eigenvalue weighted by atomic mass is 16.1. The van der Waals surface area contributed by atoms with E-state index in [9.17, 15) is 4.79 Å². The number of hydrogen-bond acceptors (Lipinski definition) is 1. The second-order valence-electron chi connectivity index (χ2n) is 5.74. The van der Waals surface area contributed by atoms with Crippen LogP contribution in [-0.2, 0) is 6.42 Å². The van der Waals surface area contributed by atoms with Crippen molar-refractivity contribution in [2.24, 2.45) is 0 Å². The average molecular weight is 288 g/mol. The summed E-state index contributed by atoms with van der Waals surface area (Å²) in [7, 11) is 0. The molecule has 0 atom stereocenters. The third-order valence-corrected chi connectivity index (χ3v) is 4.16. The zero-order valence-corrected chi connectivity index (χ0v) is 13.1. The molecule has 0 fully saturated rings. The lowest BCUT2D eigenvalue weighted by Crippen LogP contribution is -2.01. The van der Waals surface area contributed by atoms with Crippen LogP contribution in [-0.4, -0.2) is 5.78 Å². The third kappa shape index (κ3) is 2.67. The molecule has 22 heavy (non-hydrogen) atoms. The highest BCUT2D eigenvalue weighted by Crippen LogP contribution is 2.25. The Balaban J connectivity index is 2.08. The molecule has 0 aliphatic heterocycles. The normalized spacial score (nSPS) is 10.8. The molecule has 0 saturated carbocycles. The maximum atomic E-state index is 12.6. The van der Waals surface area contributed by atoms with E-state index in [4.69, 9.17) is 0 Å². The monoisotopic (exact) mass is 288 g/mol. The molecule has 0 aliphatic rings. The lowest BCUT2D eigenvalue weighted by atomic mass is 9.93. The molecule has 3 rings (SSSR count). The molecule has 0 aromatic heterocycles. The van der Waals surface area contributed by atoms with E-state index in [-0.39, 0.29) is 5.78 Å². The number of rotatable bonds is 4. The summed E-state index contributed by atoms with van der Waals surface area (Å²) < 4.78 is 0. The van der Waals surface area contributed by atoms with Gasteiger partial charge in [0, 0.05) is 11.1 Å². The maximum absolute atomic E-state index is 12.6. The van der Waals surface area contributed by atoms with E-state index in [1.165, 1.54) is 16.5 Å². The van der Waals surface area contributed by atoms with Gasteiger partial charge in [-0.05, 0) is 41.3 Å². The van der Waals surface area contributed by atoms with Crippen molar-refractivity contribution in [1.82, 2.24) is 0 Å². The van der Waals surface area contributed by atoms with Gasteiger partial charge in [-0.15, -0.1) is 0 Å². The van der Waals surface area contributed by atoms with Crippen LogP contribution >= 0.6 is 0 Å². The van der Waals surface area contributed by atoms with Crippen LogP contribution in [0, 0.1) is 6.92 Å². The van der Waals surface area contributed by atoms with Crippen molar-refractivity contribution in [3.05, 3.63) is 82.9 Å². The van der Waals surface area contributed by atoms with Crippen LogP contribution in [0.5, 0.6) is 0 Å². The molecule has 0 radical (unpaired) electrons. The largest absolute Gasteiger partial charge is 0.289 e. The van der Waals surface area contributed by atoms with Crippen molar-refractivity contribution in [2.45, 2.75) is 26.7 Å². The van der Waals surface area contributed by atoms with E-state index in [0.29, 0.717) is 0 Å². The Labute approximate surface area is 131 Å². The van der Waals surface area contributed by atoms with E-state index >= 15 is 0 Å².